The number of rotatable bonds is 0. The highest BCUT2D eigenvalue weighted by molar-refractivity contribution is 5.96. The fraction of sp³-hybridized carbons (Fsp3) is 0.750. The first-order chi connectivity index (χ1) is 20.1. The highest BCUT2D eigenvalue weighted by atomic mass is 16.3. The van der Waals surface area contributed by atoms with Gasteiger partial charge in [0.1, 0.15) is 0 Å². The van der Waals surface area contributed by atoms with Crippen molar-refractivity contribution in [2.45, 2.75) is 121 Å². The van der Waals surface area contributed by atoms with Crippen LogP contribution in [0.2, 0.25) is 0 Å². The average Bonchev–Trinajstić information content (AvgIpc) is 2.86. The maximum atomic E-state index is 11.4. The third-order valence-corrected chi connectivity index (χ3v) is 14.5. The van der Waals surface area contributed by atoms with Crippen LogP contribution in [-0.4, -0.2) is 34.0 Å². The molecule has 12 rings (SSSR count). The summed E-state index contributed by atoms with van der Waals surface area (Å²) in [6, 6.07) is 0. The summed E-state index contributed by atoms with van der Waals surface area (Å²) in [7, 11) is 0. The lowest BCUT2D eigenvalue weighted by Gasteiger charge is -2.57. The van der Waals surface area contributed by atoms with Crippen LogP contribution in [0.25, 0.3) is 0 Å². The normalized spacial score (nSPS) is 42.9. The molecule has 4 heteroatoms. The van der Waals surface area contributed by atoms with E-state index in [4.69, 9.17) is 0 Å². The molecule has 0 aromatic carbocycles. The molecule has 0 saturated heterocycles. The van der Waals surface area contributed by atoms with Crippen LogP contribution in [0.3, 0.4) is 0 Å². The minimum atomic E-state index is -0.171. The highest BCUT2D eigenvalue weighted by Crippen LogP contribution is 2.61. The van der Waals surface area contributed by atoms with E-state index in [0.717, 1.165) is 24.7 Å². The maximum absolute atomic E-state index is 11.4. The Labute approximate surface area is 267 Å². The smallest absolute Gasteiger partial charge is 0.159 e. The molecule has 0 aromatic heterocycles. The first kappa shape index (κ1) is 33.6. The average molecular weight is 605 g/mol. The van der Waals surface area contributed by atoms with E-state index in [1.165, 1.54) is 35.1 Å². The summed E-state index contributed by atoms with van der Waals surface area (Å²) in [5.41, 5.74) is 6.61. The van der Waals surface area contributed by atoms with Gasteiger partial charge in [-0.05, 0) is 123 Å². The Morgan fingerprint density at radius 2 is 0.773 bits per heavy atom. The number of carbonyl (C=O) groups is 2. The summed E-state index contributed by atoms with van der Waals surface area (Å²) >= 11 is 0. The Bertz CT molecular complexity index is 1230. The molecule has 4 nitrogen and oxygen atoms in total. The number of carbonyl (C=O) groups excluding carboxylic acids is 2. The van der Waals surface area contributed by atoms with Crippen molar-refractivity contribution in [3.63, 3.8) is 0 Å². The topological polar surface area (TPSA) is 74.6 Å². The molecule has 0 aromatic rings. The highest BCUT2D eigenvalue weighted by Gasteiger charge is 2.56. The van der Waals surface area contributed by atoms with Gasteiger partial charge in [0.05, 0.1) is 12.2 Å². The van der Waals surface area contributed by atoms with Gasteiger partial charge in [-0.15, -0.1) is 0 Å². The van der Waals surface area contributed by atoms with Gasteiger partial charge < -0.3 is 10.2 Å². The second-order valence-corrected chi connectivity index (χ2v) is 18.1. The Hall–Kier alpha value is -1.78. The van der Waals surface area contributed by atoms with E-state index in [-0.39, 0.29) is 23.0 Å². The minimum Gasteiger partial charge on any atom is -0.389 e. The first-order valence-corrected chi connectivity index (χ1v) is 17.3. The quantitative estimate of drug-likeness (QED) is 0.273. The summed E-state index contributed by atoms with van der Waals surface area (Å²) in [5, 5.41) is 19.3. The van der Waals surface area contributed by atoms with Crippen molar-refractivity contribution in [3.8, 4) is 0 Å². The van der Waals surface area contributed by atoms with E-state index in [1.54, 1.807) is 0 Å². The molecule has 0 aliphatic heterocycles. The summed E-state index contributed by atoms with van der Waals surface area (Å²) in [4.78, 5) is 22.8. The molecule has 8 bridgehead atoms. The van der Waals surface area contributed by atoms with Gasteiger partial charge in [0.25, 0.3) is 0 Å². The number of aliphatic hydroxyl groups excluding tert-OH is 2. The fourth-order valence-electron chi connectivity index (χ4n) is 10.8. The number of hydrogen-bond acceptors (Lipinski definition) is 4. The van der Waals surface area contributed by atoms with Crippen molar-refractivity contribution < 1.29 is 19.8 Å². The predicted molar refractivity (Wildman–Crippen MR) is 179 cm³/mol. The summed E-state index contributed by atoms with van der Waals surface area (Å²) in [5.74, 6) is 5.28. The number of aliphatic hydroxyl groups is 2. The van der Waals surface area contributed by atoms with Crippen molar-refractivity contribution in [2.75, 3.05) is 0 Å². The van der Waals surface area contributed by atoms with Crippen LogP contribution in [-0.2, 0) is 9.59 Å². The van der Waals surface area contributed by atoms with Crippen molar-refractivity contribution in [1.82, 2.24) is 0 Å². The van der Waals surface area contributed by atoms with Crippen molar-refractivity contribution in [1.29, 1.82) is 0 Å². The molecule has 10 atom stereocenters. The van der Waals surface area contributed by atoms with Crippen LogP contribution in [0.4, 0.5) is 0 Å². The van der Waals surface area contributed by atoms with Crippen LogP contribution in [0.5, 0.6) is 0 Å². The lowest BCUT2D eigenvalue weighted by Crippen LogP contribution is -2.53. The van der Waals surface area contributed by atoms with Gasteiger partial charge in [-0.3, -0.25) is 9.59 Å². The SMILES string of the molecule is CC1=CC(=O)C2CC1C2(C)C.CC1=CC(=O)C2CC1C2(C)C.CC1=CC(O)C2CC1C2(C)C.CC1=CC(O)C2CC1C2(C)C. The van der Waals surface area contributed by atoms with E-state index >= 15 is 0 Å². The Morgan fingerprint density at radius 1 is 0.477 bits per heavy atom. The largest absolute Gasteiger partial charge is 0.389 e. The molecule has 244 valence electrons. The summed E-state index contributed by atoms with van der Waals surface area (Å²) in [6.07, 6.45) is 12.0. The monoisotopic (exact) mass is 604 g/mol. The maximum Gasteiger partial charge on any atom is 0.159 e. The van der Waals surface area contributed by atoms with Crippen molar-refractivity contribution in [3.05, 3.63) is 46.6 Å². The molecular weight excluding hydrogens is 544 g/mol. The van der Waals surface area contributed by atoms with Crippen LogP contribution in [0.15, 0.2) is 46.6 Å². The molecular formula is C40H60O4. The Balaban J connectivity index is 0.000000116. The molecule has 2 N–H and O–H groups in total. The second-order valence-electron chi connectivity index (χ2n) is 18.1. The molecule has 0 heterocycles. The zero-order valence-electron chi connectivity index (χ0n) is 29.6. The zero-order chi connectivity index (χ0) is 32.9. The third kappa shape index (κ3) is 5.09. The van der Waals surface area contributed by atoms with Crippen LogP contribution in [0.1, 0.15) is 109 Å². The minimum absolute atomic E-state index is 0.171. The van der Waals surface area contributed by atoms with Gasteiger partial charge in [0.2, 0.25) is 0 Å². The number of hydrogen-bond donors (Lipinski definition) is 2. The standard InChI is InChI=1S/2C10H16O.2C10H14O/c4*1-6-4-9(11)8-5-7(6)10(8,2)3/h2*4,7-9,11H,5H2,1-3H3;2*4,7-8H,5H2,1-3H3. The number of ketones is 2. The molecule has 0 radical (unpaired) electrons. The van der Waals surface area contributed by atoms with Crippen LogP contribution in [0, 0.1) is 69.0 Å². The first-order valence-electron chi connectivity index (χ1n) is 17.3. The molecule has 10 unspecified atom stereocenters. The fourth-order valence-corrected chi connectivity index (χ4v) is 10.8. The van der Waals surface area contributed by atoms with Gasteiger partial charge in [-0.2, -0.15) is 0 Å². The number of allylic oxidation sites excluding steroid dienone is 6. The van der Waals surface area contributed by atoms with Crippen LogP contribution >= 0.6 is 0 Å². The predicted octanol–water partition coefficient (Wildman–Crippen LogP) is 8.29. The zero-order valence-corrected chi connectivity index (χ0v) is 29.6. The van der Waals surface area contributed by atoms with Gasteiger partial charge >= 0.3 is 0 Å². The van der Waals surface area contributed by atoms with Crippen molar-refractivity contribution >= 4 is 11.6 Å². The van der Waals surface area contributed by atoms with E-state index in [9.17, 15) is 19.8 Å². The lowest BCUT2D eigenvalue weighted by molar-refractivity contribution is -0.134. The number of fused-ring (bicyclic) bond motifs is 4. The van der Waals surface area contributed by atoms with Gasteiger partial charge in [0, 0.05) is 11.8 Å². The molecule has 44 heavy (non-hydrogen) atoms. The molecule has 0 amide bonds. The molecule has 0 spiro atoms. The summed E-state index contributed by atoms with van der Waals surface area (Å²) in [6.45, 7) is 26.4. The van der Waals surface area contributed by atoms with E-state index < -0.39 is 0 Å². The third-order valence-electron chi connectivity index (χ3n) is 14.5. The molecule has 12 aliphatic rings. The molecule has 12 aliphatic carbocycles. The van der Waals surface area contributed by atoms with Gasteiger partial charge in [0.15, 0.2) is 11.6 Å². The molecule has 4 fully saturated rings. The Kier molecular flexibility index (Phi) is 8.32. The lowest BCUT2D eigenvalue weighted by atomic mass is 9.48. The van der Waals surface area contributed by atoms with E-state index in [0.29, 0.717) is 57.9 Å². The van der Waals surface area contributed by atoms with E-state index in [1.807, 2.05) is 24.3 Å². The summed E-state index contributed by atoms with van der Waals surface area (Å²) < 4.78 is 0. The van der Waals surface area contributed by atoms with Gasteiger partial charge in [-0.1, -0.05) is 89.8 Å². The van der Waals surface area contributed by atoms with Crippen molar-refractivity contribution in [2.24, 2.45) is 69.0 Å². The molecule has 4 saturated carbocycles. The van der Waals surface area contributed by atoms with Crippen LogP contribution < -0.4 is 0 Å². The Morgan fingerprint density at radius 3 is 0.955 bits per heavy atom. The van der Waals surface area contributed by atoms with E-state index in [2.05, 4.69) is 83.1 Å². The van der Waals surface area contributed by atoms with Gasteiger partial charge in [-0.25, -0.2) is 0 Å². The second kappa shape index (κ2) is 10.9.